The first-order valence-electron chi connectivity index (χ1n) is 15.2. The highest BCUT2D eigenvalue weighted by Crippen LogP contribution is 2.33. The molecule has 1 fully saturated rings. The van der Waals surface area contributed by atoms with Crippen LogP contribution in [-0.4, -0.2) is 76.0 Å². The fourth-order valence-electron chi connectivity index (χ4n) is 5.00. The van der Waals surface area contributed by atoms with Crippen LogP contribution in [0.4, 0.5) is 5.82 Å². The zero-order valence-corrected chi connectivity index (χ0v) is 25.9. The largest absolute Gasteiger partial charge is 0.484 e. The summed E-state index contributed by atoms with van der Waals surface area (Å²) in [6.45, 7) is -1.36. The molecule has 1 saturated heterocycles. The predicted octanol–water partition coefficient (Wildman–Crippen LogP) is 3.04. The second-order valence-electron chi connectivity index (χ2n) is 10.7. The number of benzene rings is 3. The van der Waals surface area contributed by atoms with Gasteiger partial charge in [0.2, 0.25) is 0 Å². The van der Waals surface area contributed by atoms with Crippen LogP contribution in [0.3, 0.4) is 0 Å². The van der Waals surface area contributed by atoms with Gasteiger partial charge < -0.3 is 38.7 Å². The molecule has 3 heterocycles. The molecule has 0 spiro atoms. The number of nitrogens with zero attached hydrogens (tertiary/aromatic N) is 3. The molecule has 1 amide bonds. The molecular weight excluding hydrogens is 638 g/mol. The number of anilines is 1. The lowest BCUT2D eigenvalue weighted by atomic mass is 10.2. The number of esters is 2. The Kier molecular flexibility index (Phi) is 10.4. The van der Waals surface area contributed by atoms with Gasteiger partial charge in [-0.15, -0.1) is 0 Å². The topological polar surface area (TPSA) is 182 Å². The number of fused-ring (bicyclic) bond motifs is 1. The minimum Gasteiger partial charge on any atom is -0.484 e. The van der Waals surface area contributed by atoms with E-state index in [0.717, 1.165) is 0 Å². The molecular formula is C34H31N5O10. The molecule has 252 valence electrons. The van der Waals surface area contributed by atoms with E-state index in [-0.39, 0.29) is 49.8 Å². The van der Waals surface area contributed by atoms with Crippen molar-refractivity contribution in [1.29, 1.82) is 0 Å². The molecule has 15 nitrogen and oxygen atoms in total. The minimum absolute atomic E-state index is 0.00325. The van der Waals surface area contributed by atoms with Gasteiger partial charge in [0, 0.05) is 6.42 Å². The Balaban J connectivity index is 1.14. The standard InChI is InChI=1S/C34H31N5O10/c40-27(18-44-22-10-4-1-5-11-22)37-32-31-33(36-21-35-32)39(34(43)38-31)28-16-25(49-30(42)20-46-24-14-8-3-9-15-24)26(48-28)17-47-29(41)19-45-23-12-6-2-7-13-23/h1-15,21,25-26,28H,16-20H2,(H,38,43)(H,35,36,37,40)/t25-,26+,28+/m0/s1. The summed E-state index contributed by atoms with van der Waals surface area (Å²) in [5.41, 5.74) is -0.361. The molecule has 3 aromatic carbocycles. The number of nitrogens with one attached hydrogen (secondary N) is 2. The lowest BCUT2D eigenvalue weighted by Gasteiger charge is -2.19. The second-order valence-corrected chi connectivity index (χ2v) is 10.7. The van der Waals surface area contributed by atoms with Gasteiger partial charge >= 0.3 is 17.6 Å². The molecule has 15 heteroatoms. The highest BCUT2D eigenvalue weighted by Gasteiger charge is 2.41. The van der Waals surface area contributed by atoms with E-state index in [1.807, 2.05) is 18.2 Å². The summed E-state index contributed by atoms with van der Waals surface area (Å²) < 4.78 is 34.9. The number of imidazole rings is 1. The van der Waals surface area contributed by atoms with Crippen molar-refractivity contribution in [1.82, 2.24) is 19.5 Å². The molecule has 6 rings (SSSR count). The summed E-state index contributed by atoms with van der Waals surface area (Å²) >= 11 is 0. The summed E-state index contributed by atoms with van der Waals surface area (Å²) in [4.78, 5) is 62.2. The van der Waals surface area contributed by atoms with E-state index in [1.54, 1.807) is 72.8 Å². The Bertz CT molecular complexity index is 1940. The number of aromatic amines is 1. The quantitative estimate of drug-likeness (QED) is 0.165. The number of para-hydroxylation sites is 3. The monoisotopic (exact) mass is 669 g/mol. The summed E-state index contributed by atoms with van der Waals surface area (Å²) in [5.74, 6) is -0.373. The van der Waals surface area contributed by atoms with E-state index in [1.165, 1.54) is 10.9 Å². The predicted molar refractivity (Wildman–Crippen MR) is 172 cm³/mol. The van der Waals surface area contributed by atoms with Crippen LogP contribution >= 0.6 is 0 Å². The van der Waals surface area contributed by atoms with Crippen LogP contribution in [0.5, 0.6) is 17.2 Å². The molecule has 2 N–H and O–H groups in total. The van der Waals surface area contributed by atoms with Gasteiger partial charge in [-0.25, -0.2) is 28.9 Å². The van der Waals surface area contributed by atoms with Crippen LogP contribution in [0.1, 0.15) is 12.6 Å². The van der Waals surface area contributed by atoms with Crippen molar-refractivity contribution in [3.05, 3.63) is 108 Å². The number of ether oxygens (including phenoxy) is 6. The number of amides is 1. The molecule has 49 heavy (non-hydrogen) atoms. The first-order valence-corrected chi connectivity index (χ1v) is 15.2. The number of aromatic nitrogens is 4. The maximum atomic E-state index is 13.2. The van der Waals surface area contributed by atoms with Crippen molar-refractivity contribution >= 4 is 34.8 Å². The van der Waals surface area contributed by atoms with Crippen molar-refractivity contribution in [2.75, 3.05) is 31.7 Å². The molecule has 0 saturated carbocycles. The fraction of sp³-hybridized carbons (Fsp3) is 0.235. The molecule has 0 aliphatic carbocycles. The molecule has 5 aromatic rings. The van der Waals surface area contributed by atoms with E-state index in [4.69, 9.17) is 28.4 Å². The van der Waals surface area contributed by atoms with E-state index in [9.17, 15) is 19.2 Å². The van der Waals surface area contributed by atoms with Gasteiger partial charge in [-0.2, -0.15) is 0 Å². The highest BCUT2D eigenvalue weighted by atomic mass is 16.6. The Labute approximate surface area is 278 Å². The maximum Gasteiger partial charge on any atom is 0.344 e. The molecule has 1 aliphatic rings. The molecule has 1 aliphatic heterocycles. The lowest BCUT2D eigenvalue weighted by Crippen LogP contribution is -2.34. The number of carbonyl (C=O) groups excluding carboxylic acids is 3. The summed E-state index contributed by atoms with van der Waals surface area (Å²) in [7, 11) is 0. The van der Waals surface area contributed by atoms with Crippen LogP contribution in [0.25, 0.3) is 11.2 Å². The average molecular weight is 670 g/mol. The Morgan fingerprint density at radius 1 is 0.796 bits per heavy atom. The third-order valence-electron chi connectivity index (χ3n) is 7.24. The van der Waals surface area contributed by atoms with Crippen molar-refractivity contribution < 1.29 is 42.8 Å². The number of hydrogen-bond donors (Lipinski definition) is 2. The Hall–Kier alpha value is -6.22. The third-order valence-corrected chi connectivity index (χ3v) is 7.24. The number of H-pyrrole nitrogens is 1. The number of carbonyl (C=O) groups is 3. The second kappa shape index (κ2) is 15.6. The van der Waals surface area contributed by atoms with Gasteiger partial charge in [-0.05, 0) is 36.4 Å². The van der Waals surface area contributed by atoms with Crippen molar-refractivity contribution in [3.63, 3.8) is 0 Å². The number of hydrogen-bond acceptors (Lipinski definition) is 12. The molecule has 0 unspecified atom stereocenters. The number of rotatable bonds is 14. The van der Waals surface area contributed by atoms with Gasteiger partial charge in [0.05, 0.1) is 0 Å². The van der Waals surface area contributed by atoms with Crippen LogP contribution in [0, 0.1) is 0 Å². The van der Waals surface area contributed by atoms with Gasteiger partial charge in [0.15, 0.2) is 31.3 Å². The Morgan fingerprint density at radius 2 is 1.37 bits per heavy atom. The van der Waals surface area contributed by atoms with Crippen molar-refractivity contribution in [2.24, 2.45) is 0 Å². The van der Waals surface area contributed by atoms with E-state index in [0.29, 0.717) is 17.2 Å². The first kappa shape index (κ1) is 32.7. The SMILES string of the molecule is O=C(COc1ccccc1)Nc1ncnc2c1[nH]c(=O)n2[C@H]1C[C@H](OC(=O)COc2ccccc2)[C@@H](COC(=O)COc2ccccc2)O1. The van der Waals surface area contributed by atoms with Gasteiger partial charge in [-0.3, -0.25) is 4.79 Å². The van der Waals surface area contributed by atoms with E-state index < -0.39 is 42.0 Å². The normalized spacial score (nSPS) is 16.9. The molecule has 2 aromatic heterocycles. The average Bonchev–Trinajstić information content (AvgIpc) is 3.68. The van der Waals surface area contributed by atoms with Crippen LogP contribution in [0.15, 0.2) is 102 Å². The van der Waals surface area contributed by atoms with Gasteiger partial charge in [0.1, 0.15) is 54.1 Å². The highest BCUT2D eigenvalue weighted by molar-refractivity contribution is 5.97. The zero-order chi connectivity index (χ0) is 34.0. The zero-order valence-electron chi connectivity index (χ0n) is 25.9. The van der Waals surface area contributed by atoms with Gasteiger partial charge in [-0.1, -0.05) is 54.6 Å². The molecule has 0 bridgehead atoms. The smallest absolute Gasteiger partial charge is 0.344 e. The summed E-state index contributed by atoms with van der Waals surface area (Å²) in [6, 6.07) is 26.3. The summed E-state index contributed by atoms with van der Waals surface area (Å²) in [5, 5.41) is 2.62. The Morgan fingerprint density at radius 3 is 1.98 bits per heavy atom. The molecule has 0 radical (unpaired) electrons. The maximum absolute atomic E-state index is 13.2. The fourth-order valence-corrected chi connectivity index (χ4v) is 5.00. The van der Waals surface area contributed by atoms with Gasteiger partial charge in [0.25, 0.3) is 5.91 Å². The van der Waals surface area contributed by atoms with E-state index in [2.05, 4.69) is 20.3 Å². The minimum atomic E-state index is -1.00. The van der Waals surface area contributed by atoms with Crippen LogP contribution in [-0.2, 0) is 28.6 Å². The van der Waals surface area contributed by atoms with Crippen molar-refractivity contribution in [3.8, 4) is 17.2 Å². The molecule has 3 atom stereocenters. The van der Waals surface area contributed by atoms with Crippen LogP contribution in [0.2, 0.25) is 0 Å². The van der Waals surface area contributed by atoms with E-state index >= 15 is 0 Å². The first-order chi connectivity index (χ1) is 23.9. The van der Waals surface area contributed by atoms with Crippen molar-refractivity contribution in [2.45, 2.75) is 24.9 Å². The van der Waals surface area contributed by atoms with Crippen LogP contribution < -0.4 is 25.2 Å². The third kappa shape index (κ3) is 8.58. The lowest BCUT2D eigenvalue weighted by molar-refractivity contribution is -0.160. The summed E-state index contributed by atoms with van der Waals surface area (Å²) in [6.07, 6.45) is -1.71.